The zero-order valence-corrected chi connectivity index (χ0v) is 14.9. The summed E-state index contributed by atoms with van der Waals surface area (Å²) in [4.78, 5) is 27.8. The Labute approximate surface area is 148 Å². The molecule has 0 spiro atoms. The van der Waals surface area contributed by atoms with Crippen molar-refractivity contribution < 1.29 is 14.3 Å². The van der Waals surface area contributed by atoms with E-state index in [9.17, 15) is 9.59 Å². The van der Waals surface area contributed by atoms with Crippen LogP contribution in [0.25, 0.3) is 0 Å². The van der Waals surface area contributed by atoms with E-state index in [1.54, 1.807) is 12.1 Å². The number of pyridine rings is 1. The largest absolute Gasteiger partial charge is 0.356 e. The molecule has 0 bridgehead atoms. The van der Waals surface area contributed by atoms with Gasteiger partial charge in [0.05, 0.1) is 18.0 Å². The van der Waals surface area contributed by atoms with E-state index in [0.29, 0.717) is 30.9 Å². The van der Waals surface area contributed by atoms with Gasteiger partial charge in [-0.05, 0) is 31.4 Å². The minimum absolute atomic E-state index is 0.0422. The third-order valence-corrected chi connectivity index (χ3v) is 3.82. The normalized spacial score (nSPS) is 11.4. The van der Waals surface area contributed by atoms with Crippen LogP contribution in [0.5, 0.6) is 0 Å². The monoisotopic (exact) mass is 347 g/mol. The molecule has 0 radical (unpaired) electrons. The van der Waals surface area contributed by atoms with Crippen LogP contribution in [0.1, 0.15) is 49.2 Å². The van der Waals surface area contributed by atoms with Gasteiger partial charge in [0.1, 0.15) is 5.22 Å². The number of aromatic nitrogens is 1. The molecule has 2 amide bonds. The van der Waals surface area contributed by atoms with Gasteiger partial charge in [0, 0.05) is 30.7 Å². The summed E-state index contributed by atoms with van der Waals surface area (Å²) in [6.07, 6.45) is 3.93. The number of nitrogens with one attached hydrogen (secondary N) is 3. The minimum Gasteiger partial charge on any atom is -0.356 e. The number of carbonyl (C=O) groups is 2. The van der Waals surface area contributed by atoms with Gasteiger partial charge < -0.3 is 10.6 Å². The molecule has 136 valence electrons. The fourth-order valence-electron chi connectivity index (χ4n) is 2.00. The Morgan fingerprint density at radius 1 is 1.32 bits per heavy atom. The van der Waals surface area contributed by atoms with Gasteiger partial charge in [0.15, 0.2) is 6.54 Å². The first kappa shape index (κ1) is 20.4. The summed E-state index contributed by atoms with van der Waals surface area (Å²) >= 11 is 0. The molecule has 8 heteroatoms. The second-order valence-corrected chi connectivity index (χ2v) is 5.87. The van der Waals surface area contributed by atoms with Crippen molar-refractivity contribution in [3.05, 3.63) is 29.6 Å². The summed E-state index contributed by atoms with van der Waals surface area (Å²) in [7, 11) is 0. The van der Waals surface area contributed by atoms with E-state index < -0.39 is 0 Å². The highest BCUT2D eigenvalue weighted by atomic mass is 16.2. The summed E-state index contributed by atoms with van der Waals surface area (Å²) in [5, 5.41) is 8.88. The number of rotatable bonds is 11. The van der Waals surface area contributed by atoms with Crippen molar-refractivity contribution in [3.63, 3.8) is 0 Å². The Morgan fingerprint density at radius 2 is 2.00 bits per heavy atom. The van der Waals surface area contributed by atoms with Crippen LogP contribution in [0.15, 0.2) is 23.6 Å². The van der Waals surface area contributed by atoms with E-state index in [4.69, 9.17) is 5.53 Å². The molecule has 1 aromatic heterocycles. The molecule has 0 aliphatic rings. The van der Waals surface area contributed by atoms with Crippen molar-refractivity contribution >= 4 is 18.5 Å². The molecule has 0 aliphatic heterocycles. The standard InChI is InChI=1S/C17H26N6O2/c1-4-13(2)16(24)19-9-5-6-10-20-17(25)14-7-8-15(21-11-14)12-23(3)22-18/h7-8,11,13,18H,3-6,9-10,12H2,1-2H3,(H-,19,20,24,25)/p+1. The molecule has 0 fully saturated rings. The van der Waals surface area contributed by atoms with Crippen molar-refractivity contribution in [2.24, 2.45) is 11.1 Å². The maximum absolute atomic E-state index is 12.0. The molecule has 0 saturated heterocycles. The smallest absolute Gasteiger partial charge is 0.252 e. The topological polar surface area (TPSA) is 110 Å². The third-order valence-electron chi connectivity index (χ3n) is 3.82. The number of nitrogens with zero attached hydrogens (tertiary/aromatic N) is 3. The number of hydrogen-bond acceptors (Lipinski definition) is 5. The molecule has 8 nitrogen and oxygen atoms in total. The van der Waals surface area contributed by atoms with Crippen LogP contribution in [0, 0.1) is 11.4 Å². The van der Waals surface area contributed by atoms with Crippen molar-refractivity contribution in [1.82, 2.24) is 15.6 Å². The average molecular weight is 347 g/mol. The Balaban J connectivity index is 2.25. The van der Waals surface area contributed by atoms with Crippen LogP contribution >= 0.6 is 0 Å². The minimum atomic E-state index is -0.181. The molecule has 1 rings (SSSR count). The Morgan fingerprint density at radius 3 is 2.56 bits per heavy atom. The maximum atomic E-state index is 12.0. The fraction of sp³-hybridized carbons (Fsp3) is 0.529. The third kappa shape index (κ3) is 7.65. The predicted molar refractivity (Wildman–Crippen MR) is 94.5 cm³/mol. The summed E-state index contributed by atoms with van der Waals surface area (Å²) in [6, 6.07) is 3.39. The van der Waals surface area contributed by atoms with Crippen LogP contribution < -0.4 is 10.6 Å². The number of unbranched alkanes of at least 4 members (excludes halogenated alkanes) is 1. The summed E-state index contributed by atoms with van der Waals surface area (Å²) in [5.74, 6) is -0.0587. The van der Waals surface area contributed by atoms with Crippen LogP contribution in [0.2, 0.25) is 0 Å². The van der Waals surface area contributed by atoms with Crippen molar-refractivity contribution in [2.45, 2.75) is 39.7 Å². The van der Waals surface area contributed by atoms with Crippen LogP contribution in [0.3, 0.4) is 0 Å². The fourth-order valence-corrected chi connectivity index (χ4v) is 2.00. The predicted octanol–water partition coefficient (Wildman–Crippen LogP) is 1.91. The number of carbonyl (C=O) groups excluding carboxylic acids is 2. The molecule has 3 N–H and O–H groups in total. The highest BCUT2D eigenvalue weighted by Gasteiger charge is 2.09. The second-order valence-electron chi connectivity index (χ2n) is 5.87. The van der Waals surface area contributed by atoms with E-state index in [2.05, 4.69) is 27.6 Å². The van der Waals surface area contributed by atoms with E-state index in [-0.39, 0.29) is 17.7 Å². The molecule has 0 aliphatic carbocycles. The van der Waals surface area contributed by atoms with Gasteiger partial charge in [0.2, 0.25) is 5.91 Å². The molecule has 0 saturated carbocycles. The lowest BCUT2D eigenvalue weighted by Crippen LogP contribution is -2.30. The van der Waals surface area contributed by atoms with Crippen LogP contribution in [-0.4, -0.2) is 41.3 Å². The van der Waals surface area contributed by atoms with E-state index >= 15 is 0 Å². The lowest BCUT2D eigenvalue weighted by atomic mass is 10.1. The summed E-state index contributed by atoms with van der Waals surface area (Å²) < 4.78 is 1.20. The Kier molecular flexibility index (Phi) is 8.99. The van der Waals surface area contributed by atoms with Gasteiger partial charge in [-0.2, -0.15) is 0 Å². The highest BCUT2D eigenvalue weighted by molar-refractivity contribution is 5.93. The maximum Gasteiger partial charge on any atom is 0.252 e. The molecule has 25 heavy (non-hydrogen) atoms. The average Bonchev–Trinajstić information content (AvgIpc) is 2.63. The molecule has 1 atom stereocenters. The zero-order chi connectivity index (χ0) is 18.7. The lowest BCUT2D eigenvalue weighted by molar-refractivity contribution is -0.552. The molecule has 1 unspecified atom stereocenters. The zero-order valence-electron chi connectivity index (χ0n) is 14.9. The van der Waals surface area contributed by atoms with Crippen molar-refractivity contribution in [2.75, 3.05) is 13.1 Å². The highest BCUT2D eigenvalue weighted by Crippen LogP contribution is 2.02. The van der Waals surface area contributed by atoms with E-state index in [1.807, 2.05) is 13.8 Å². The summed E-state index contributed by atoms with van der Waals surface area (Å²) in [5.41, 5.74) is 7.98. The van der Waals surface area contributed by atoms with Crippen molar-refractivity contribution in [3.8, 4) is 0 Å². The van der Waals surface area contributed by atoms with Gasteiger partial charge >= 0.3 is 0 Å². The molecular weight excluding hydrogens is 320 g/mol. The molecule has 1 heterocycles. The van der Waals surface area contributed by atoms with E-state index in [1.165, 1.54) is 10.9 Å². The first-order chi connectivity index (χ1) is 12.0. The van der Waals surface area contributed by atoms with Gasteiger partial charge in [0.25, 0.3) is 5.91 Å². The SMILES string of the molecule is C=[N+](Cc1ccc(C(=O)NCCCCNC(=O)C(C)CC)cn1)N=N. The lowest BCUT2D eigenvalue weighted by Gasteiger charge is -2.10. The quantitative estimate of drug-likeness (QED) is 0.187. The van der Waals surface area contributed by atoms with Gasteiger partial charge in [-0.15, -0.1) is 4.68 Å². The number of amides is 2. The van der Waals surface area contributed by atoms with Gasteiger partial charge in [-0.3, -0.25) is 14.6 Å². The molecule has 1 aromatic rings. The first-order valence-electron chi connectivity index (χ1n) is 8.44. The van der Waals surface area contributed by atoms with Crippen LogP contribution in [-0.2, 0) is 11.3 Å². The number of hydrogen-bond donors (Lipinski definition) is 3. The molecule has 0 aromatic carbocycles. The van der Waals surface area contributed by atoms with Gasteiger partial charge in [-0.1, -0.05) is 13.8 Å². The van der Waals surface area contributed by atoms with Crippen LogP contribution in [0.4, 0.5) is 0 Å². The Hall–Kier alpha value is -2.64. The molecular formula is C17H27N6O2+. The van der Waals surface area contributed by atoms with E-state index in [0.717, 1.165) is 19.3 Å². The van der Waals surface area contributed by atoms with Gasteiger partial charge in [-0.25, -0.2) is 0 Å². The second kappa shape index (κ2) is 11.0. The summed E-state index contributed by atoms with van der Waals surface area (Å²) in [6.45, 7) is 8.91. The Bertz CT molecular complexity index is 600. The van der Waals surface area contributed by atoms with Crippen molar-refractivity contribution in [1.29, 1.82) is 5.53 Å². The first-order valence-corrected chi connectivity index (χ1v) is 8.44.